The van der Waals surface area contributed by atoms with Gasteiger partial charge in [0.1, 0.15) is 5.52 Å². The Bertz CT molecular complexity index is 638. The van der Waals surface area contributed by atoms with Gasteiger partial charge in [-0.05, 0) is 44.4 Å². The molecule has 0 saturated carbocycles. The first-order valence-corrected chi connectivity index (χ1v) is 7.74. The average Bonchev–Trinajstić information content (AvgIpc) is 2.84. The largest absolute Gasteiger partial charge is 0.392 e. The maximum Gasteiger partial charge on any atom is 0.150 e. The van der Waals surface area contributed by atoms with E-state index in [1.54, 1.807) is 12.4 Å². The monoisotopic (exact) mass is 383 g/mol. The number of hydrogen-bond donors (Lipinski definition) is 2. The summed E-state index contributed by atoms with van der Waals surface area (Å²) >= 11 is 5.83. The second-order valence-corrected chi connectivity index (χ2v) is 6.04. The number of nitrogens with one attached hydrogen (secondary N) is 1. The molecule has 1 aromatic carbocycles. The Balaban J connectivity index is 0.00000132. The second-order valence-electron chi connectivity index (χ2n) is 5.61. The highest BCUT2D eigenvalue weighted by Gasteiger charge is 2.21. The highest BCUT2D eigenvalue weighted by molar-refractivity contribution is 6.31. The number of imidazole rings is 1. The van der Waals surface area contributed by atoms with E-state index in [0.29, 0.717) is 22.6 Å². The minimum atomic E-state index is -0.342. The lowest BCUT2D eigenvalue weighted by atomic mass is 9.97. The molecular formula is C15H21Cl3FN3O. The van der Waals surface area contributed by atoms with E-state index in [0.717, 1.165) is 32.2 Å². The van der Waals surface area contributed by atoms with E-state index in [2.05, 4.69) is 10.3 Å². The van der Waals surface area contributed by atoms with Crippen molar-refractivity contribution in [3.8, 4) is 0 Å². The van der Waals surface area contributed by atoms with Crippen molar-refractivity contribution in [2.24, 2.45) is 0 Å². The highest BCUT2D eigenvalue weighted by Crippen LogP contribution is 2.23. The lowest BCUT2D eigenvalue weighted by Gasteiger charge is -2.29. The van der Waals surface area contributed by atoms with Crippen LogP contribution in [-0.2, 0) is 6.54 Å². The number of aliphatic hydroxyl groups excluding tert-OH is 1. The summed E-state index contributed by atoms with van der Waals surface area (Å²) in [6.45, 7) is 1.64. The van der Waals surface area contributed by atoms with Gasteiger partial charge in [0, 0.05) is 17.6 Å². The quantitative estimate of drug-likeness (QED) is 0.847. The standard InChI is InChI=1S/C15H19ClFN3O.2ClH/c16-10-7-11(17)15-13(8-10)19-9-20(15)6-2-3-12-14(21)4-1-5-18-12;;/h7-9,12,14,18,21H,1-6H2;2*1H/t12-,14+;;/m1../s1. The minimum Gasteiger partial charge on any atom is -0.392 e. The molecule has 1 saturated heterocycles. The third-order valence-corrected chi connectivity index (χ3v) is 4.31. The number of aliphatic hydroxyl groups is 1. The van der Waals surface area contributed by atoms with Crippen LogP contribution in [0.15, 0.2) is 18.5 Å². The summed E-state index contributed by atoms with van der Waals surface area (Å²) in [5, 5.41) is 13.6. The molecule has 0 spiro atoms. The predicted octanol–water partition coefficient (Wildman–Crippen LogP) is 3.57. The maximum atomic E-state index is 14.0. The van der Waals surface area contributed by atoms with E-state index in [4.69, 9.17) is 11.6 Å². The first kappa shape index (κ1) is 20.5. The van der Waals surface area contributed by atoms with Gasteiger partial charge in [0.05, 0.1) is 17.9 Å². The van der Waals surface area contributed by atoms with Crippen molar-refractivity contribution in [3.05, 3.63) is 29.3 Å². The zero-order valence-corrected chi connectivity index (χ0v) is 14.9. The Kier molecular flexibility index (Phi) is 8.04. The highest BCUT2D eigenvalue weighted by atomic mass is 35.5. The van der Waals surface area contributed by atoms with Gasteiger partial charge in [0.15, 0.2) is 5.82 Å². The molecule has 0 unspecified atom stereocenters. The lowest BCUT2D eigenvalue weighted by Crippen LogP contribution is -2.44. The molecule has 0 radical (unpaired) electrons. The molecule has 1 aliphatic rings. The molecule has 3 rings (SSSR count). The molecular weight excluding hydrogens is 364 g/mol. The van der Waals surface area contributed by atoms with Crippen molar-refractivity contribution in [2.45, 2.75) is 44.4 Å². The normalized spacial score (nSPS) is 20.8. The molecule has 23 heavy (non-hydrogen) atoms. The van der Waals surface area contributed by atoms with Gasteiger partial charge in [-0.15, -0.1) is 24.8 Å². The Morgan fingerprint density at radius 1 is 1.39 bits per heavy atom. The van der Waals surface area contributed by atoms with Gasteiger partial charge in [0.2, 0.25) is 0 Å². The Labute approximate surface area is 152 Å². The fraction of sp³-hybridized carbons (Fsp3) is 0.533. The van der Waals surface area contributed by atoms with Crippen LogP contribution < -0.4 is 5.32 Å². The van der Waals surface area contributed by atoms with Crippen molar-refractivity contribution in [3.63, 3.8) is 0 Å². The molecule has 2 aromatic rings. The molecule has 2 heterocycles. The van der Waals surface area contributed by atoms with Gasteiger partial charge < -0.3 is 15.0 Å². The van der Waals surface area contributed by atoms with Gasteiger partial charge in [-0.2, -0.15) is 0 Å². The fourth-order valence-corrected chi connectivity index (χ4v) is 3.21. The van der Waals surface area contributed by atoms with Gasteiger partial charge in [0.25, 0.3) is 0 Å². The number of nitrogens with zero attached hydrogens (tertiary/aromatic N) is 2. The summed E-state index contributed by atoms with van der Waals surface area (Å²) in [5.74, 6) is -0.342. The second kappa shape index (κ2) is 9.04. The topological polar surface area (TPSA) is 50.1 Å². The van der Waals surface area contributed by atoms with Crippen LogP contribution in [0.1, 0.15) is 25.7 Å². The summed E-state index contributed by atoms with van der Waals surface area (Å²) in [6, 6.07) is 3.13. The Morgan fingerprint density at radius 2 is 2.17 bits per heavy atom. The summed E-state index contributed by atoms with van der Waals surface area (Å²) in [5.41, 5.74) is 1.08. The van der Waals surface area contributed by atoms with Gasteiger partial charge in [-0.3, -0.25) is 0 Å². The number of aryl methyl sites for hydroxylation is 1. The first-order valence-electron chi connectivity index (χ1n) is 7.36. The molecule has 8 heteroatoms. The summed E-state index contributed by atoms with van der Waals surface area (Å²) in [4.78, 5) is 4.19. The number of fused-ring (bicyclic) bond motifs is 1. The molecule has 2 atom stereocenters. The van der Waals surface area contributed by atoms with Gasteiger partial charge in [-0.25, -0.2) is 9.37 Å². The lowest BCUT2D eigenvalue weighted by molar-refractivity contribution is 0.0909. The SMILES string of the molecule is Cl.Cl.O[C@H]1CCCN[C@@H]1CCCn1cnc2cc(Cl)cc(F)c21. The van der Waals surface area contributed by atoms with E-state index in [1.165, 1.54) is 6.07 Å². The Hall–Kier alpha value is -0.590. The molecule has 0 bridgehead atoms. The van der Waals surface area contributed by atoms with Crippen LogP contribution in [0.3, 0.4) is 0 Å². The molecule has 1 aromatic heterocycles. The van der Waals surface area contributed by atoms with Crippen LogP contribution in [-0.4, -0.2) is 33.3 Å². The summed E-state index contributed by atoms with van der Waals surface area (Å²) in [7, 11) is 0. The van der Waals surface area contributed by atoms with E-state index < -0.39 is 0 Å². The molecule has 0 aliphatic carbocycles. The van der Waals surface area contributed by atoms with Crippen LogP contribution in [0.4, 0.5) is 4.39 Å². The van der Waals surface area contributed by atoms with Crippen molar-refractivity contribution < 1.29 is 9.50 Å². The summed E-state index contributed by atoms with van der Waals surface area (Å²) < 4.78 is 15.8. The molecule has 1 aliphatic heterocycles. The third-order valence-electron chi connectivity index (χ3n) is 4.09. The van der Waals surface area contributed by atoms with Crippen molar-refractivity contribution in [2.75, 3.05) is 6.54 Å². The van der Waals surface area contributed by atoms with E-state index in [9.17, 15) is 9.50 Å². The van der Waals surface area contributed by atoms with Gasteiger partial charge >= 0.3 is 0 Å². The van der Waals surface area contributed by atoms with Crippen LogP contribution in [0.25, 0.3) is 11.0 Å². The van der Waals surface area contributed by atoms with Crippen LogP contribution >= 0.6 is 36.4 Å². The predicted molar refractivity (Wildman–Crippen MR) is 95.5 cm³/mol. The van der Waals surface area contributed by atoms with E-state index >= 15 is 0 Å². The summed E-state index contributed by atoms with van der Waals surface area (Å²) in [6.07, 6.45) is 5.00. The molecule has 4 nitrogen and oxygen atoms in total. The van der Waals surface area contributed by atoms with Crippen LogP contribution in [0, 0.1) is 5.82 Å². The van der Waals surface area contributed by atoms with Crippen LogP contribution in [0.5, 0.6) is 0 Å². The van der Waals surface area contributed by atoms with E-state index in [-0.39, 0.29) is 42.8 Å². The first-order chi connectivity index (χ1) is 10.1. The average molecular weight is 385 g/mol. The number of aromatic nitrogens is 2. The fourth-order valence-electron chi connectivity index (χ4n) is 3.01. The molecule has 0 amide bonds. The number of benzene rings is 1. The Morgan fingerprint density at radius 3 is 2.91 bits per heavy atom. The van der Waals surface area contributed by atoms with Gasteiger partial charge in [-0.1, -0.05) is 11.6 Å². The minimum absolute atomic E-state index is 0. The zero-order valence-electron chi connectivity index (χ0n) is 12.5. The van der Waals surface area contributed by atoms with E-state index in [1.807, 2.05) is 4.57 Å². The van der Waals surface area contributed by atoms with Crippen LogP contribution in [0.2, 0.25) is 5.02 Å². The number of hydrogen-bond acceptors (Lipinski definition) is 3. The number of rotatable bonds is 4. The van der Waals surface area contributed by atoms with Crippen molar-refractivity contribution in [1.82, 2.24) is 14.9 Å². The molecule has 130 valence electrons. The maximum absolute atomic E-state index is 14.0. The molecule has 1 fully saturated rings. The zero-order chi connectivity index (χ0) is 14.8. The third kappa shape index (κ3) is 4.70. The van der Waals surface area contributed by atoms with Crippen molar-refractivity contribution in [1.29, 1.82) is 0 Å². The molecule has 2 N–H and O–H groups in total. The smallest absolute Gasteiger partial charge is 0.150 e. The number of halogens is 4. The number of piperidine rings is 1. The van der Waals surface area contributed by atoms with Crippen molar-refractivity contribution >= 4 is 47.4 Å².